The molecule has 2 amide bonds. The third-order valence-electron chi connectivity index (χ3n) is 5.50. The Morgan fingerprint density at radius 2 is 1.58 bits per heavy atom. The van der Waals surface area contributed by atoms with Gasteiger partial charge in [0.2, 0.25) is 5.91 Å². The van der Waals surface area contributed by atoms with Gasteiger partial charge in [-0.3, -0.25) is 9.59 Å². The fourth-order valence-corrected chi connectivity index (χ4v) is 3.70. The van der Waals surface area contributed by atoms with Gasteiger partial charge < -0.3 is 19.9 Å². The quantitative estimate of drug-likeness (QED) is 0.578. The molecule has 2 aromatic carbocycles. The van der Waals surface area contributed by atoms with E-state index < -0.39 is 0 Å². The third kappa shape index (κ3) is 6.40. The SMILES string of the molecule is O=C(CN(Cc1ccccc1)C(=O)c1ccc(N2CCOCC2)nc1)NCc1ccccc1. The molecule has 1 N–H and O–H groups in total. The zero-order valence-corrected chi connectivity index (χ0v) is 18.5. The lowest BCUT2D eigenvalue weighted by Crippen LogP contribution is -2.40. The standard InChI is InChI=1S/C26H28N4O3/c31-25(28-17-21-7-3-1-4-8-21)20-30(19-22-9-5-2-6-10-22)26(32)23-11-12-24(27-18-23)29-13-15-33-16-14-29/h1-12,18H,13-17,19-20H2,(H,28,31). The van der Waals surface area contributed by atoms with E-state index in [4.69, 9.17) is 4.74 Å². The summed E-state index contributed by atoms with van der Waals surface area (Å²) in [5.41, 5.74) is 2.42. The number of nitrogens with zero attached hydrogens (tertiary/aromatic N) is 3. The second-order valence-electron chi connectivity index (χ2n) is 7.91. The smallest absolute Gasteiger partial charge is 0.256 e. The Morgan fingerprint density at radius 1 is 0.909 bits per heavy atom. The van der Waals surface area contributed by atoms with Crippen molar-refractivity contribution >= 4 is 17.6 Å². The molecule has 0 unspecified atom stereocenters. The van der Waals surface area contributed by atoms with Gasteiger partial charge >= 0.3 is 0 Å². The summed E-state index contributed by atoms with van der Waals surface area (Å²) in [4.78, 5) is 34.2. The summed E-state index contributed by atoms with van der Waals surface area (Å²) < 4.78 is 5.39. The van der Waals surface area contributed by atoms with Crippen LogP contribution < -0.4 is 10.2 Å². The summed E-state index contributed by atoms with van der Waals surface area (Å²) in [5.74, 6) is 0.390. The highest BCUT2D eigenvalue weighted by Crippen LogP contribution is 2.15. The van der Waals surface area contributed by atoms with Gasteiger partial charge in [-0.1, -0.05) is 60.7 Å². The average Bonchev–Trinajstić information content (AvgIpc) is 2.88. The number of rotatable bonds is 8. The van der Waals surface area contributed by atoms with Crippen molar-refractivity contribution in [3.8, 4) is 0 Å². The van der Waals surface area contributed by atoms with Crippen LogP contribution in [-0.4, -0.2) is 54.5 Å². The Kier molecular flexibility index (Phi) is 7.66. The van der Waals surface area contributed by atoms with Crippen LogP contribution in [0.4, 0.5) is 5.82 Å². The minimum Gasteiger partial charge on any atom is -0.378 e. The van der Waals surface area contributed by atoms with Gasteiger partial charge in [0, 0.05) is 32.4 Å². The van der Waals surface area contributed by atoms with Crippen LogP contribution in [0.1, 0.15) is 21.5 Å². The van der Waals surface area contributed by atoms with E-state index in [9.17, 15) is 9.59 Å². The van der Waals surface area contributed by atoms with Crippen LogP contribution in [0.15, 0.2) is 79.0 Å². The molecule has 33 heavy (non-hydrogen) atoms. The highest BCUT2D eigenvalue weighted by atomic mass is 16.5. The van der Waals surface area contributed by atoms with Crippen molar-refractivity contribution in [3.63, 3.8) is 0 Å². The van der Waals surface area contributed by atoms with Crippen molar-refractivity contribution < 1.29 is 14.3 Å². The number of ether oxygens (including phenoxy) is 1. The van der Waals surface area contributed by atoms with Gasteiger partial charge in [-0.25, -0.2) is 4.98 Å². The maximum absolute atomic E-state index is 13.3. The van der Waals surface area contributed by atoms with Crippen LogP contribution in [0.5, 0.6) is 0 Å². The van der Waals surface area contributed by atoms with Crippen molar-refractivity contribution in [1.29, 1.82) is 0 Å². The number of carbonyl (C=O) groups excluding carboxylic acids is 2. The molecular weight excluding hydrogens is 416 g/mol. The molecule has 7 nitrogen and oxygen atoms in total. The summed E-state index contributed by atoms with van der Waals surface area (Å²) in [5, 5.41) is 2.91. The van der Waals surface area contributed by atoms with Gasteiger partial charge in [-0.15, -0.1) is 0 Å². The van der Waals surface area contributed by atoms with E-state index in [1.54, 1.807) is 17.2 Å². The lowest BCUT2D eigenvalue weighted by Gasteiger charge is -2.28. The van der Waals surface area contributed by atoms with Crippen molar-refractivity contribution in [1.82, 2.24) is 15.2 Å². The number of pyridine rings is 1. The third-order valence-corrected chi connectivity index (χ3v) is 5.50. The van der Waals surface area contributed by atoms with E-state index in [0.29, 0.717) is 31.9 Å². The molecule has 4 rings (SSSR count). The summed E-state index contributed by atoms with van der Waals surface area (Å²) in [6.45, 7) is 3.62. The number of hydrogen-bond donors (Lipinski definition) is 1. The normalized spacial score (nSPS) is 13.4. The van der Waals surface area contributed by atoms with E-state index >= 15 is 0 Å². The largest absolute Gasteiger partial charge is 0.378 e. The van der Waals surface area contributed by atoms with Crippen molar-refractivity contribution in [3.05, 3.63) is 95.7 Å². The fraction of sp³-hybridized carbons (Fsp3) is 0.269. The first-order chi connectivity index (χ1) is 16.2. The molecule has 1 aliphatic rings. The number of nitrogens with one attached hydrogen (secondary N) is 1. The summed E-state index contributed by atoms with van der Waals surface area (Å²) in [6.07, 6.45) is 1.59. The van der Waals surface area contributed by atoms with Crippen LogP contribution in [0.25, 0.3) is 0 Å². The Hall–Kier alpha value is -3.71. The zero-order chi connectivity index (χ0) is 22.9. The Morgan fingerprint density at radius 3 is 2.21 bits per heavy atom. The fourth-order valence-electron chi connectivity index (χ4n) is 3.70. The van der Waals surface area contributed by atoms with Gasteiger partial charge in [-0.2, -0.15) is 0 Å². The van der Waals surface area contributed by atoms with Crippen LogP contribution >= 0.6 is 0 Å². The number of amides is 2. The summed E-state index contributed by atoms with van der Waals surface area (Å²) >= 11 is 0. The summed E-state index contributed by atoms with van der Waals surface area (Å²) in [7, 11) is 0. The molecule has 1 fully saturated rings. The van der Waals surface area contributed by atoms with Gasteiger partial charge in [0.1, 0.15) is 12.4 Å². The zero-order valence-electron chi connectivity index (χ0n) is 18.5. The molecular formula is C26H28N4O3. The topological polar surface area (TPSA) is 74.8 Å². The lowest BCUT2D eigenvalue weighted by molar-refractivity contribution is -0.122. The molecule has 170 valence electrons. The molecule has 0 aliphatic carbocycles. The van der Waals surface area contributed by atoms with E-state index in [1.165, 1.54) is 0 Å². The van der Waals surface area contributed by atoms with Crippen LogP contribution in [0.2, 0.25) is 0 Å². The molecule has 0 saturated carbocycles. The predicted molar refractivity (Wildman–Crippen MR) is 127 cm³/mol. The lowest BCUT2D eigenvalue weighted by atomic mass is 10.1. The number of aromatic nitrogens is 1. The van der Waals surface area contributed by atoms with Crippen LogP contribution in [-0.2, 0) is 22.6 Å². The maximum Gasteiger partial charge on any atom is 0.256 e. The van der Waals surface area contributed by atoms with Crippen LogP contribution in [0.3, 0.4) is 0 Å². The monoisotopic (exact) mass is 444 g/mol. The van der Waals surface area contributed by atoms with Gasteiger partial charge in [0.05, 0.1) is 18.8 Å². The maximum atomic E-state index is 13.3. The van der Waals surface area contributed by atoms with Crippen molar-refractivity contribution in [2.75, 3.05) is 37.7 Å². The first-order valence-corrected chi connectivity index (χ1v) is 11.1. The van der Waals surface area contributed by atoms with Gasteiger partial charge in [0.25, 0.3) is 5.91 Å². The minimum absolute atomic E-state index is 0.0359. The molecule has 0 spiro atoms. The number of hydrogen-bond acceptors (Lipinski definition) is 5. The predicted octanol–water partition coefficient (Wildman–Crippen LogP) is 2.88. The molecule has 1 saturated heterocycles. The second kappa shape index (κ2) is 11.2. The average molecular weight is 445 g/mol. The number of benzene rings is 2. The molecule has 0 bridgehead atoms. The van der Waals surface area contributed by atoms with Gasteiger partial charge in [0.15, 0.2) is 0 Å². The molecule has 3 aromatic rings. The van der Waals surface area contributed by atoms with E-state index in [2.05, 4.69) is 15.2 Å². The molecule has 2 heterocycles. The highest BCUT2D eigenvalue weighted by Gasteiger charge is 2.20. The minimum atomic E-state index is -0.227. The van der Waals surface area contributed by atoms with Crippen molar-refractivity contribution in [2.24, 2.45) is 0 Å². The highest BCUT2D eigenvalue weighted by molar-refractivity contribution is 5.96. The molecule has 1 aliphatic heterocycles. The summed E-state index contributed by atoms with van der Waals surface area (Å²) in [6, 6.07) is 23.0. The van der Waals surface area contributed by atoms with E-state index in [0.717, 1.165) is 30.0 Å². The Labute approximate surface area is 194 Å². The first kappa shape index (κ1) is 22.5. The molecule has 7 heteroatoms. The van der Waals surface area contributed by atoms with Crippen LogP contribution in [0, 0.1) is 0 Å². The van der Waals surface area contributed by atoms with E-state index in [1.807, 2.05) is 66.7 Å². The Balaban J connectivity index is 1.45. The molecule has 0 atom stereocenters. The second-order valence-corrected chi connectivity index (χ2v) is 7.91. The first-order valence-electron chi connectivity index (χ1n) is 11.1. The number of morpholine rings is 1. The Bertz CT molecular complexity index is 1040. The van der Waals surface area contributed by atoms with Crippen molar-refractivity contribution in [2.45, 2.75) is 13.1 Å². The number of anilines is 1. The van der Waals surface area contributed by atoms with E-state index in [-0.39, 0.29) is 18.4 Å². The van der Waals surface area contributed by atoms with Gasteiger partial charge in [-0.05, 0) is 23.3 Å². The number of carbonyl (C=O) groups is 2. The molecule has 0 radical (unpaired) electrons. The molecule has 1 aromatic heterocycles.